The molecule has 0 unspecified atom stereocenters. The van der Waals surface area contributed by atoms with Crippen LogP contribution < -0.4 is 5.32 Å². The van der Waals surface area contributed by atoms with E-state index in [9.17, 15) is 4.79 Å². The Morgan fingerprint density at radius 2 is 1.79 bits per heavy atom. The number of nitrogens with zero attached hydrogens (tertiary/aromatic N) is 4. The minimum Gasteiger partial charge on any atom is -0.325 e. The zero-order chi connectivity index (χ0) is 19.8. The Morgan fingerprint density at radius 1 is 1.04 bits per heavy atom. The molecule has 0 aliphatic heterocycles. The van der Waals surface area contributed by atoms with E-state index in [2.05, 4.69) is 21.4 Å². The molecule has 2 aromatic carbocycles. The van der Waals surface area contributed by atoms with Crippen molar-refractivity contribution in [1.29, 1.82) is 10.5 Å². The largest absolute Gasteiger partial charge is 0.325 e. The monoisotopic (exact) mass is 385 g/mol. The molecule has 3 aromatic rings. The molecule has 7 heteroatoms. The summed E-state index contributed by atoms with van der Waals surface area (Å²) < 4.78 is 0. The summed E-state index contributed by atoms with van der Waals surface area (Å²) in [6.07, 6.45) is 2.15. The van der Waals surface area contributed by atoms with Crippen LogP contribution in [-0.2, 0) is 11.2 Å². The Bertz CT molecular complexity index is 1050. The first-order valence-corrected chi connectivity index (χ1v) is 9.23. The maximum atomic E-state index is 11.4. The molecule has 0 radical (unpaired) electrons. The average molecular weight is 385 g/mol. The van der Waals surface area contributed by atoms with Gasteiger partial charge < -0.3 is 5.32 Å². The van der Waals surface area contributed by atoms with Gasteiger partial charge in [0.05, 0.1) is 17.7 Å². The second kappa shape index (κ2) is 9.31. The van der Waals surface area contributed by atoms with Crippen LogP contribution in [0.15, 0.2) is 70.7 Å². The van der Waals surface area contributed by atoms with E-state index in [1.165, 1.54) is 11.8 Å². The lowest BCUT2D eigenvalue weighted by Gasteiger charge is -2.06. The average Bonchev–Trinajstić information content (AvgIpc) is 2.71. The smallest absolute Gasteiger partial charge is 0.238 e. The summed E-state index contributed by atoms with van der Waals surface area (Å²) in [6.45, 7) is 0. The number of benzene rings is 2. The van der Waals surface area contributed by atoms with Crippen LogP contribution in [0.5, 0.6) is 0 Å². The highest BCUT2D eigenvalue weighted by Gasteiger charge is 2.05. The first-order chi connectivity index (χ1) is 13.7. The molecule has 28 heavy (non-hydrogen) atoms. The van der Waals surface area contributed by atoms with Crippen LogP contribution in [0, 0.1) is 22.7 Å². The van der Waals surface area contributed by atoms with Crippen molar-refractivity contribution in [3.05, 3.63) is 77.7 Å². The molecule has 0 aliphatic rings. The molecule has 0 fully saturated rings. The lowest BCUT2D eigenvalue weighted by atomic mass is 10.1. The van der Waals surface area contributed by atoms with Crippen molar-refractivity contribution < 1.29 is 4.79 Å². The molecule has 1 N–H and O–H groups in total. The fourth-order valence-corrected chi connectivity index (χ4v) is 3.20. The van der Waals surface area contributed by atoms with Gasteiger partial charge in [0.1, 0.15) is 17.3 Å². The molecule has 0 atom stereocenters. The third kappa shape index (κ3) is 5.41. The highest BCUT2D eigenvalue weighted by molar-refractivity contribution is 7.99. The lowest BCUT2D eigenvalue weighted by molar-refractivity contribution is -0.115. The Labute approximate surface area is 166 Å². The summed E-state index contributed by atoms with van der Waals surface area (Å²) in [6, 6.07) is 20.5. The second-order valence-corrected chi connectivity index (χ2v) is 6.90. The minimum absolute atomic E-state index is 0.167. The van der Waals surface area contributed by atoms with Gasteiger partial charge in [0.2, 0.25) is 5.91 Å². The molecule has 3 rings (SSSR count). The predicted octanol–water partition coefficient (Wildman–Crippen LogP) is 3.94. The van der Waals surface area contributed by atoms with Crippen LogP contribution in [0.1, 0.15) is 23.4 Å². The van der Waals surface area contributed by atoms with E-state index < -0.39 is 0 Å². The number of anilines is 1. The van der Waals surface area contributed by atoms with Crippen molar-refractivity contribution in [3.8, 4) is 12.1 Å². The van der Waals surface area contributed by atoms with Gasteiger partial charge in [0.25, 0.3) is 0 Å². The first-order valence-electron chi connectivity index (χ1n) is 8.42. The zero-order valence-electron chi connectivity index (χ0n) is 14.8. The molecular weight excluding hydrogens is 370 g/mol. The molecule has 0 aliphatic carbocycles. The third-order valence-electron chi connectivity index (χ3n) is 3.73. The summed E-state index contributed by atoms with van der Waals surface area (Å²) in [5, 5.41) is 20.9. The molecule has 1 amide bonds. The van der Waals surface area contributed by atoms with Gasteiger partial charge in [-0.05, 0) is 48.0 Å². The fraction of sp³-hybridized carbons (Fsp3) is 0.0952. The number of aromatic nitrogens is 2. The van der Waals surface area contributed by atoms with Crippen molar-refractivity contribution in [2.24, 2.45) is 0 Å². The standard InChI is InChI=1S/C21H15N5OS/c22-11-9-20(27)25-17-5-7-18(8-6-17)28-21-10-12-24-19(26-21)13-15-1-3-16(14-23)4-2-15/h1-8,10,12H,9,13H2,(H,25,27). The van der Waals surface area contributed by atoms with Crippen molar-refractivity contribution in [3.63, 3.8) is 0 Å². The summed E-state index contributed by atoms with van der Waals surface area (Å²) in [5.74, 6) is 0.376. The second-order valence-electron chi connectivity index (χ2n) is 5.81. The van der Waals surface area contributed by atoms with Crippen LogP contribution in [0.2, 0.25) is 0 Å². The van der Waals surface area contributed by atoms with E-state index in [1.807, 2.05) is 36.4 Å². The van der Waals surface area contributed by atoms with Gasteiger partial charge in [-0.25, -0.2) is 9.97 Å². The van der Waals surface area contributed by atoms with Gasteiger partial charge in [0, 0.05) is 23.2 Å². The van der Waals surface area contributed by atoms with Crippen molar-refractivity contribution in [2.75, 3.05) is 5.32 Å². The quantitative estimate of drug-likeness (QED) is 0.645. The van der Waals surface area contributed by atoms with Crippen LogP contribution in [0.3, 0.4) is 0 Å². The summed E-state index contributed by atoms with van der Waals surface area (Å²) in [5.41, 5.74) is 2.31. The summed E-state index contributed by atoms with van der Waals surface area (Å²) >= 11 is 1.50. The summed E-state index contributed by atoms with van der Waals surface area (Å²) in [4.78, 5) is 21.3. The lowest BCUT2D eigenvalue weighted by Crippen LogP contribution is -2.09. The van der Waals surface area contributed by atoms with Gasteiger partial charge in [-0.15, -0.1) is 0 Å². The van der Waals surface area contributed by atoms with Gasteiger partial charge in [0.15, 0.2) is 0 Å². The Morgan fingerprint density at radius 3 is 2.46 bits per heavy atom. The van der Waals surface area contributed by atoms with Crippen LogP contribution in [0.4, 0.5) is 5.69 Å². The van der Waals surface area contributed by atoms with Crippen molar-refractivity contribution in [1.82, 2.24) is 9.97 Å². The van der Waals surface area contributed by atoms with E-state index in [1.54, 1.807) is 30.5 Å². The maximum absolute atomic E-state index is 11.4. The van der Waals surface area contributed by atoms with Gasteiger partial charge >= 0.3 is 0 Å². The normalized spacial score (nSPS) is 9.93. The maximum Gasteiger partial charge on any atom is 0.238 e. The van der Waals surface area contributed by atoms with E-state index in [-0.39, 0.29) is 12.3 Å². The topological polar surface area (TPSA) is 102 Å². The first kappa shape index (κ1) is 19.1. The molecule has 6 nitrogen and oxygen atoms in total. The molecule has 0 spiro atoms. The van der Waals surface area contributed by atoms with E-state index in [4.69, 9.17) is 10.5 Å². The van der Waals surface area contributed by atoms with E-state index >= 15 is 0 Å². The molecule has 1 aromatic heterocycles. The Kier molecular flexibility index (Phi) is 6.35. The number of hydrogen-bond donors (Lipinski definition) is 1. The Balaban J connectivity index is 1.64. The number of nitriles is 2. The molecule has 0 bridgehead atoms. The predicted molar refractivity (Wildman–Crippen MR) is 105 cm³/mol. The molecule has 0 saturated heterocycles. The molecular formula is C21H15N5OS. The van der Waals surface area contributed by atoms with Crippen LogP contribution in [-0.4, -0.2) is 15.9 Å². The Hall–Kier alpha value is -3.68. The molecule has 136 valence electrons. The number of carbonyl (C=O) groups is 1. The van der Waals surface area contributed by atoms with E-state index in [0.29, 0.717) is 23.5 Å². The fourth-order valence-electron chi connectivity index (χ4n) is 2.41. The minimum atomic E-state index is -0.328. The number of carbonyl (C=O) groups excluding carboxylic acids is 1. The number of rotatable bonds is 6. The van der Waals surface area contributed by atoms with Crippen LogP contribution in [0.25, 0.3) is 0 Å². The number of amides is 1. The summed E-state index contributed by atoms with van der Waals surface area (Å²) in [7, 11) is 0. The number of nitrogens with one attached hydrogen (secondary N) is 1. The number of hydrogen-bond acceptors (Lipinski definition) is 6. The third-order valence-corrected chi connectivity index (χ3v) is 4.67. The SMILES string of the molecule is N#CCC(=O)Nc1ccc(Sc2ccnc(Cc3ccc(C#N)cc3)n2)cc1. The van der Waals surface area contributed by atoms with Crippen molar-refractivity contribution in [2.45, 2.75) is 22.8 Å². The highest BCUT2D eigenvalue weighted by atomic mass is 32.2. The highest BCUT2D eigenvalue weighted by Crippen LogP contribution is 2.27. The zero-order valence-corrected chi connectivity index (χ0v) is 15.6. The van der Waals surface area contributed by atoms with E-state index in [0.717, 1.165) is 15.5 Å². The molecule has 1 heterocycles. The molecule has 0 saturated carbocycles. The van der Waals surface area contributed by atoms with Crippen LogP contribution >= 0.6 is 11.8 Å². The van der Waals surface area contributed by atoms with Gasteiger partial charge in [-0.3, -0.25) is 4.79 Å². The van der Waals surface area contributed by atoms with Crippen molar-refractivity contribution >= 4 is 23.4 Å². The van der Waals surface area contributed by atoms with Gasteiger partial charge in [-0.1, -0.05) is 23.9 Å². The van der Waals surface area contributed by atoms with Gasteiger partial charge in [-0.2, -0.15) is 10.5 Å².